The fourth-order valence-corrected chi connectivity index (χ4v) is 3.98. The molecule has 0 saturated carbocycles. The molecule has 0 fully saturated rings. The van der Waals surface area contributed by atoms with Crippen molar-refractivity contribution in [1.82, 2.24) is 9.55 Å². The van der Waals surface area contributed by atoms with Gasteiger partial charge in [0.1, 0.15) is 5.82 Å². The molecule has 0 spiro atoms. The van der Waals surface area contributed by atoms with E-state index in [4.69, 9.17) is 12.3 Å². The molecule has 2 heterocycles. The minimum atomic E-state index is -0.0561. The molecule has 1 aromatic carbocycles. The molecule has 0 saturated heterocycles. The van der Waals surface area contributed by atoms with E-state index in [-0.39, 0.29) is 11.2 Å². The molecule has 3 aromatic rings. The van der Waals surface area contributed by atoms with Gasteiger partial charge in [0.15, 0.2) is 5.78 Å². The maximum atomic E-state index is 12.6. The lowest BCUT2D eigenvalue weighted by Gasteiger charge is -2.30. The van der Waals surface area contributed by atoms with Gasteiger partial charge in [-0.25, -0.2) is 4.85 Å². The smallest absolute Gasteiger partial charge is 0.212 e. The summed E-state index contributed by atoms with van der Waals surface area (Å²) in [6.45, 7) is 13.6. The van der Waals surface area contributed by atoms with Gasteiger partial charge in [0.05, 0.1) is 6.57 Å². The number of nitrogens with zero attached hydrogens (tertiary/aromatic N) is 3. The Kier molecular flexibility index (Phi) is 3.42. The van der Waals surface area contributed by atoms with Crippen LogP contribution in [0.5, 0.6) is 0 Å². The largest absolute Gasteiger partial charge is 0.383 e. The number of anilines is 1. The van der Waals surface area contributed by atoms with E-state index in [9.17, 15) is 4.79 Å². The van der Waals surface area contributed by atoms with Crippen molar-refractivity contribution in [1.29, 1.82) is 0 Å². The molecule has 0 atom stereocenters. The molecule has 0 radical (unpaired) electrons. The quantitative estimate of drug-likeness (QED) is 0.655. The highest BCUT2D eigenvalue weighted by molar-refractivity contribution is 6.02. The summed E-state index contributed by atoms with van der Waals surface area (Å²) >= 11 is 0. The molecule has 5 nitrogen and oxygen atoms in total. The van der Waals surface area contributed by atoms with Gasteiger partial charge in [-0.05, 0) is 47.9 Å². The third-order valence-electron chi connectivity index (χ3n) is 5.14. The van der Waals surface area contributed by atoms with Gasteiger partial charge in [0, 0.05) is 41.1 Å². The molecule has 2 aromatic heterocycles. The van der Waals surface area contributed by atoms with E-state index < -0.39 is 0 Å². The predicted octanol–water partition coefficient (Wildman–Crippen LogP) is 4.62. The predicted molar refractivity (Wildman–Crippen MR) is 103 cm³/mol. The van der Waals surface area contributed by atoms with E-state index in [2.05, 4.69) is 28.2 Å². The molecule has 1 aliphatic carbocycles. The Morgan fingerprint density at radius 2 is 2.04 bits per heavy atom. The van der Waals surface area contributed by atoms with Crippen LogP contribution < -0.4 is 5.73 Å². The van der Waals surface area contributed by atoms with Crippen LogP contribution in [0.1, 0.15) is 41.9 Å². The highest BCUT2D eigenvalue weighted by Gasteiger charge is 2.34. The van der Waals surface area contributed by atoms with Crippen LogP contribution in [0.4, 0.5) is 11.5 Å². The average Bonchev–Trinajstić information content (AvgIpc) is 2.90. The third-order valence-corrected chi connectivity index (χ3v) is 5.14. The van der Waals surface area contributed by atoms with E-state index in [0.717, 1.165) is 39.7 Å². The fourth-order valence-electron chi connectivity index (χ4n) is 3.98. The summed E-state index contributed by atoms with van der Waals surface area (Å²) < 4.78 is 2.09. The summed E-state index contributed by atoms with van der Waals surface area (Å²) in [7, 11) is 0. The Morgan fingerprint density at radius 1 is 1.27 bits per heavy atom. The van der Waals surface area contributed by atoms with Crippen LogP contribution in [0.15, 0.2) is 30.6 Å². The van der Waals surface area contributed by atoms with Crippen LogP contribution in [-0.4, -0.2) is 15.3 Å². The minimum Gasteiger partial charge on any atom is -0.383 e. The number of Topliss-reactive ketones (excluding diaryl/α,β-unsaturated/α-hetero) is 1. The lowest BCUT2D eigenvalue weighted by atomic mass is 9.75. The standard InChI is InChI=1S/C21H20N4O/c1-12-11-25(17-8-21(2,3)9-18(26)19(12)17)13-5-6-14-15(7-13)16(23-4)10-24-20(14)22/h5-7,10-11H,8-9H2,1-3H3,(H2,22,24). The van der Waals surface area contributed by atoms with Gasteiger partial charge in [0.25, 0.3) is 0 Å². The fraction of sp³-hybridized carbons (Fsp3) is 0.286. The Balaban J connectivity index is 1.97. The molecule has 4 rings (SSSR count). The van der Waals surface area contributed by atoms with Crippen LogP contribution in [0, 0.1) is 18.9 Å². The number of carbonyl (C=O) groups is 1. The molecule has 2 N–H and O–H groups in total. The van der Waals surface area contributed by atoms with E-state index >= 15 is 0 Å². The van der Waals surface area contributed by atoms with Crippen LogP contribution >= 0.6 is 0 Å². The number of aryl methyl sites for hydroxylation is 1. The Morgan fingerprint density at radius 3 is 2.77 bits per heavy atom. The van der Waals surface area contributed by atoms with Crippen molar-refractivity contribution in [3.63, 3.8) is 0 Å². The normalized spacial score (nSPS) is 15.7. The topological polar surface area (TPSA) is 65.3 Å². The number of ketones is 1. The van der Waals surface area contributed by atoms with Crippen molar-refractivity contribution in [3.8, 4) is 5.69 Å². The van der Waals surface area contributed by atoms with Crippen molar-refractivity contribution in [2.75, 3.05) is 5.73 Å². The second-order valence-electron chi connectivity index (χ2n) is 7.82. The van der Waals surface area contributed by atoms with E-state index in [1.165, 1.54) is 6.20 Å². The average molecular weight is 344 g/mol. The second-order valence-corrected chi connectivity index (χ2v) is 7.82. The number of benzene rings is 1. The van der Waals surface area contributed by atoms with Gasteiger partial charge in [-0.15, -0.1) is 0 Å². The van der Waals surface area contributed by atoms with Gasteiger partial charge >= 0.3 is 0 Å². The first-order valence-electron chi connectivity index (χ1n) is 8.61. The summed E-state index contributed by atoms with van der Waals surface area (Å²) in [6.07, 6.45) is 4.95. The SMILES string of the molecule is [C-]#[N+]c1cnc(N)c2ccc(-n3cc(C)c4c3CC(C)(C)CC4=O)cc12. The Bertz CT molecular complexity index is 1120. The molecular formula is C21H20N4O. The molecule has 0 aliphatic heterocycles. The number of nitrogen functional groups attached to an aromatic ring is 1. The number of fused-ring (bicyclic) bond motifs is 2. The molecular weight excluding hydrogens is 324 g/mol. The summed E-state index contributed by atoms with van der Waals surface area (Å²) in [5.41, 5.74) is 10.2. The third kappa shape index (κ3) is 2.38. The molecule has 0 amide bonds. The summed E-state index contributed by atoms with van der Waals surface area (Å²) in [5.74, 6) is 0.629. The second kappa shape index (κ2) is 5.43. The van der Waals surface area contributed by atoms with Crippen molar-refractivity contribution in [2.24, 2.45) is 5.41 Å². The van der Waals surface area contributed by atoms with Crippen molar-refractivity contribution < 1.29 is 4.79 Å². The van der Waals surface area contributed by atoms with Crippen molar-refractivity contribution >= 4 is 28.1 Å². The van der Waals surface area contributed by atoms with Gasteiger partial charge in [-0.3, -0.25) is 9.78 Å². The number of hydrogen-bond acceptors (Lipinski definition) is 3. The number of hydrogen-bond donors (Lipinski definition) is 1. The molecule has 130 valence electrons. The number of aromatic nitrogens is 2. The van der Waals surface area contributed by atoms with Gasteiger partial charge in [-0.2, -0.15) is 0 Å². The highest BCUT2D eigenvalue weighted by atomic mass is 16.1. The zero-order valence-corrected chi connectivity index (χ0v) is 15.1. The van der Waals surface area contributed by atoms with Crippen molar-refractivity contribution in [3.05, 3.63) is 58.8 Å². The zero-order valence-electron chi connectivity index (χ0n) is 15.1. The first kappa shape index (κ1) is 16.3. The zero-order chi connectivity index (χ0) is 18.6. The molecule has 26 heavy (non-hydrogen) atoms. The van der Waals surface area contributed by atoms with Gasteiger partial charge < -0.3 is 10.3 Å². The molecule has 0 unspecified atom stereocenters. The summed E-state index contributed by atoms with van der Waals surface area (Å²) in [4.78, 5) is 20.3. The van der Waals surface area contributed by atoms with E-state index in [1.54, 1.807) is 0 Å². The van der Waals surface area contributed by atoms with Gasteiger partial charge in [-0.1, -0.05) is 13.8 Å². The highest BCUT2D eigenvalue weighted by Crippen LogP contribution is 2.39. The van der Waals surface area contributed by atoms with E-state index in [0.29, 0.717) is 17.9 Å². The number of carbonyl (C=O) groups excluding carboxylic acids is 1. The lowest BCUT2D eigenvalue weighted by Crippen LogP contribution is -2.28. The van der Waals surface area contributed by atoms with Gasteiger partial charge in [0.2, 0.25) is 5.69 Å². The molecule has 0 bridgehead atoms. The maximum absolute atomic E-state index is 12.6. The number of pyridine rings is 1. The minimum absolute atomic E-state index is 0.0561. The monoisotopic (exact) mass is 344 g/mol. The van der Waals surface area contributed by atoms with Crippen LogP contribution in [0.25, 0.3) is 21.3 Å². The Hall–Kier alpha value is -3.13. The van der Waals surface area contributed by atoms with E-state index in [1.807, 2.05) is 31.3 Å². The molecule has 1 aliphatic rings. The van der Waals surface area contributed by atoms with Crippen LogP contribution in [0.3, 0.4) is 0 Å². The number of rotatable bonds is 1. The maximum Gasteiger partial charge on any atom is 0.212 e. The summed E-state index contributed by atoms with van der Waals surface area (Å²) in [5, 5.41) is 1.56. The van der Waals surface area contributed by atoms with Crippen LogP contribution in [-0.2, 0) is 6.42 Å². The lowest BCUT2D eigenvalue weighted by molar-refractivity contribution is 0.0910. The molecule has 5 heteroatoms. The van der Waals surface area contributed by atoms with Crippen LogP contribution in [0.2, 0.25) is 0 Å². The first-order chi connectivity index (χ1) is 12.3. The number of nitrogens with two attached hydrogens (primary N) is 1. The first-order valence-corrected chi connectivity index (χ1v) is 8.61. The van der Waals surface area contributed by atoms with Crippen molar-refractivity contribution in [2.45, 2.75) is 33.6 Å². The Labute approximate surface area is 152 Å². The summed E-state index contributed by atoms with van der Waals surface area (Å²) in [6, 6.07) is 5.84.